The van der Waals surface area contributed by atoms with Gasteiger partial charge in [-0.2, -0.15) is 0 Å². The van der Waals surface area contributed by atoms with E-state index in [4.69, 9.17) is 0 Å². The van der Waals surface area contributed by atoms with Crippen molar-refractivity contribution in [1.29, 1.82) is 0 Å². The molecule has 0 aliphatic heterocycles. The molecular formula is C17H22N2. The lowest BCUT2D eigenvalue weighted by Crippen LogP contribution is -2.26. The minimum absolute atomic E-state index is 0.674. The summed E-state index contributed by atoms with van der Waals surface area (Å²) in [5.41, 5.74) is 2.64. The topological polar surface area (TPSA) is 24.9 Å². The molecule has 1 aromatic carbocycles. The van der Waals surface area contributed by atoms with E-state index in [1.54, 1.807) is 0 Å². The fourth-order valence-electron chi connectivity index (χ4n) is 3.26. The van der Waals surface area contributed by atoms with Gasteiger partial charge in [-0.15, -0.1) is 0 Å². The van der Waals surface area contributed by atoms with Crippen LogP contribution in [0.2, 0.25) is 0 Å². The van der Waals surface area contributed by atoms with Crippen molar-refractivity contribution in [1.82, 2.24) is 10.3 Å². The molecule has 19 heavy (non-hydrogen) atoms. The van der Waals surface area contributed by atoms with Gasteiger partial charge in [0.1, 0.15) is 0 Å². The van der Waals surface area contributed by atoms with E-state index < -0.39 is 0 Å². The number of aromatic nitrogens is 1. The van der Waals surface area contributed by atoms with Crippen molar-refractivity contribution in [3.05, 3.63) is 42.1 Å². The van der Waals surface area contributed by atoms with Gasteiger partial charge < -0.3 is 5.32 Å². The molecule has 3 rings (SSSR count). The number of hydrogen-bond donors (Lipinski definition) is 1. The number of para-hydroxylation sites is 1. The Morgan fingerprint density at radius 3 is 3.00 bits per heavy atom. The lowest BCUT2D eigenvalue weighted by atomic mass is 9.95. The predicted molar refractivity (Wildman–Crippen MR) is 80.4 cm³/mol. The molecular weight excluding hydrogens is 232 g/mol. The minimum Gasteiger partial charge on any atom is -0.314 e. The SMILES string of the molecule is CCCNC1CCC(c2cccc3cccnc23)C1. The van der Waals surface area contributed by atoms with E-state index >= 15 is 0 Å². The Morgan fingerprint density at radius 2 is 2.11 bits per heavy atom. The van der Waals surface area contributed by atoms with Crippen LogP contribution >= 0.6 is 0 Å². The molecule has 0 saturated heterocycles. The van der Waals surface area contributed by atoms with Gasteiger partial charge in [0, 0.05) is 17.6 Å². The number of nitrogens with zero attached hydrogens (tertiary/aromatic N) is 1. The second kappa shape index (κ2) is 5.70. The first-order valence-corrected chi connectivity index (χ1v) is 7.45. The van der Waals surface area contributed by atoms with Gasteiger partial charge in [0.15, 0.2) is 0 Å². The number of rotatable bonds is 4. The highest BCUT2D eigenvalue weighted by molar-refractivity contribution is 5.82. The molecule has 2 aromatic rings. The number of pyridine rings is 1. The van der Waals surface area contributed by atoms with Crippen LogP contribution in [0.25, 0.3) is 10.9 Å². The highest BCUT2D eigenvalue weighted by Crippen LogP contribution is 2.37. The average Bonchev–Trinajstić information content (AvgIpc) is 2.93. The van der Waals surface area contributed by atoms with Gasteiger partial charge >= 0.3 is 0 Å². The zero-order valence-electron chi connectivity index (χ0n) is 11.6. The van der Waals surface area contributed by atoms with Crippen LogP contribution in [-0.4, -0.2) is 17.6 Å². The van der Waals surface area contributed by atoms with Gasteiger partial charge in [-0.1, -0.05) is 31.2 Å². The molecule has 100 valence electrons. The third-order valence-corrected chi connectivity index (χ3v) is 4.22. The Bertz CT molecular complexity index is 544. The van der Waals surface area contributed by atoms with Crippen LogP contribution in [0.1, 0.15) is 44.1 Å². The third kappa shape index (κ3) is 2.64. The zero-order valence-corrected chi connectivity index (χ0v) is 11.6. The van der Waals surface area contributed by atoms with E-state index in [1.807, 2.05) is 12.3 Å². The Labute approximate surface area is 115 Å². The molecule has 1 aromatic heterocycles. The van der Waals surface area contributed by atoms with Crippen molar-refractivity contribution in [3.63, 3.8) is 0 Å². The summed E-state index contributed by atoms with van der Waals surface area (Å²) >= 11 is 0. The van der Waals surface area contributed by atoms with E-state index in [0.29, 0.717) is 12.0 Å². The summed E-state index contributed by atoms with van der Waals surface area (Å²) in [6, 6.07) is 11.5. The van der Waals surface area contributed by atoms with E-state index in [-0.39, 0.29) is 0 Å². The number of fused-ring (bicyclic) bond motifs is 1. The smallest absolute Gasteiger partial charge is 0.0736 e. The fourth-order valence-corrected chi connectivity index (χ4v) is 3.26. The summed E-state index contributed by atoms with van der Waals surface area (Å²) in [4.78, 5) is 4.59. The molecule has 2 unspecified atom stereocenters. The van der Waals surface area contributed by atoms with Crippen LogP contribution in [0.15, 0.2) is 36.5 Å². The van der Waals surface area contributed by atoms with Crippen molar-refractivity contribution in [3.8, 4) is 0 Å². The van der Waals surface area contributed by atoms with Gasteiger partial charge in [-0.25, -0.2) is 0 Å². The number of benzene rings is 1. The molecule has 0 spiro atoms. The maximum absolute atomic E-state index is 4.59. The molecule has 0 bridgehead atoms. The highest BCUT2D eigenvalue weighted by atomic mass is 14.9. The second-order valence-electron chi connectivity index (χ2n) is 5.58. The van der Waals surface area contributed by atoms with E-state index in [1.165, 1.54) is 42.1 Å². The molecule has 1 aliphatic carbocycles. The van der Waals surface area contributed by atoms with Crippen LogP contribution in [0.3, 0.4) is 0 Å². The molecule has 2 atom stereocenters. The van der Waals surface area contributed by atoms with Gasteiger partial charge in [-0.05, 0) is 49.8 Å². The summed E-state index contributed by atoms with van der Waals surface area (Å²) in [6.45, 7) is 3.37. The number of hydrogen-bond acceptors (Lipinski definition) is 2. The molecule has 1 aliphatic rings. The molecule has 1 heterocycles. The molecule has 0 radical (unpaired) electrons. The Balaban J connectivity index is 1.82. The van der Waals surface area contributed by atoms with Crippen LogP contribution in [0.5, 0.6) is 0 Å². The predicted octanol–water partition coefficient (Wildman–Crippen LogP) is 3.87. The van der Waals surface area contributed by atoms with Gasteiger partial charge in [0.25, 0.3) is 0 Å². The first-order valence-electron chi connectivity index (χ1n) is 7.45. The first kappa shape index (κ1) is 12.6. The Hall–Kier alpha value is -1.41. The molecule has 1 fully saturated rings. The lowest BCUT2D eigenvalue weighted by molar-refractivity contribution is 0.517. The summed E-state index contributed by atoms with van der Waals surface area (Å²) < 4.78 is 0. The van der Waals surface area contributed by atoms with Crippen molar-refractivity contribution >= 4 is 10.9 Å². The van der Waals surface area contributed by atoms with Crippen LogP contribution in [0, 0.1) is 0 Å². The van der Waals surface area contributed by atoms with Crippen molar-refractivity contribution in [2.75, 3.05) is 6.54 Å². The van der Waals surface area contributed by atoms with Gasteiger partial charge in [-0.3, -0.25) is 4.98 Å². The largest absolute Gasteiger partial charge is 0.314 e. The molecule has 2 heteroatoms. The Morgan fingerprint density at radius 1 is 1.21 bits per heavy atom. The second-order valence-corrected chi connectivity index (χ2v) is 5.58. The van der Waals surface area contributed by atoms with Gasteiger partial charge in [0.2, 0.25) is 0 Å². The maximum Gasteiger partial charge on any atom is 0.0736 e. The number of nitrogens with one attached hydrogen (secondary N) is 1. The zero-order chi connectivity index (χ0) is 13.1. The third-order valence-electron chi connectivity index (χ3n) is 4.22. The average molecular weight is 254 g/mol. The summed E-state index contributed by atoms with van der Waals surface area (Å²) in [6.07, 6.45) is 6.98. The molecule has 1 saturated carbocycles. The molecule has 2 nitrogen and oxygen atoms in total. The monoisotopic (exact) mass is 254 g/mol. The normalized spacial score (nSPS) is 23.0. The highest BCUT2D eigenvalue weighted by Gasteiger charge is 2.26. The van der Waals surface area contributed by atoms with Crippen molar-refractivity contribution in [2.45, 2.75) is 44.6 Å². The molecule has 0 amide bonds. The van der Waals surface area contributed by atoms with Crippen LogP contribution < -0.4 is 5.32 Å². The molecule has 1 N–H and O–H groups in total. The minimum atomic E-state index is 0.674. The maximum atomic E-state index is 4.59. The van der Waals surface area contributed by atoms with E-state index in [2.05, 4.69) is 41.5 Å². The Kier molecular flexibility index (Phi) is 3.79. The van der Waals surface area contributed by atoms with Crippen molar-refractivity contribution in [2.24, 2.45) is 0 Å². The fraction of sp³-hybridized carbons (Fsp3) is 0.471. The quantitative estimate of drug-likeness (QED) is 0.896. The first-order chi connectivity index (χ1) is 9.38. The summed E-state index contributed by atoms with van der Waals surface area (Å²) in [5.74, 6) is 0.674. The van der Waals surface area contributed by atoms with E-state index in [9.17, 15) is 0 Å². The summed E-state index contributed by atoms with van der Waals surface area (Å²) in [7, 11) is 0. The van der Waals surface area contributed by atoms with E-state index in [0.717, 1.165) is 6.54 Å². The standard InChI is InChI=1S/C17H22N2/c1-2-10-18-15-9-8-14(12-15)16-7-3-5-13-6-4-11-19-17(13)16/h3-7,11,14-15,18H,2,8-10,12H2,1H3. The van der Waals surface area contributed by atoms with Crippen molar-refractivity contribution < 1.29 is 0 Å². The van der Waals surface area contributed by atoms with Crippen LogP contribution in [-0.2, 0) is 0 Å². The summed E-state index contributed by atoms with van der Waals surface area (Å²) in [5, 5.41) is 4.93. The lowest BCUT2D eigenvalue weighted by Gasteiger charge is -2.14. The van der Waals surface area contributed by atoms with Crippen LogP contribution in [0.4, 0.5) is 0 Å². The van der Waals surface area contributed by atoms with Gasteiger partial charge in [0.05, 0.1) is 5.52 Å².